The van der Waals surface area contributed by atoms with Gasteiger partial charge in [-0.1, -0.05) is 6.92 Å². The molecule has 1 fully saturated rings. The molecule has 2 aliphatic heterocycles. The lowest BCUT2D eigenvalue weighted by molar-refractivity contribution is 0.0699. The Labute approximate surface area is 145 Å². The third-order valence-corrected chi connectivity index (χ3v) is 5.16. The molecular weight excluding hydrogens is 320 g/mol. The number of carbonyl (C=O) groups excluding carboxylic acids is 1. The highest BCUT2D eigenvalue weighted by Crippen LogP contribution is 2.22. The minimum absolute atomic E-state index is 0.0799. The van der Waals surface area contributed by atoms with Gasteiger partial charge >= 0.3 is 0 Å². The summed E-state index contributed by atoms with van der Waals surface area (Å²) < 4.78 is 5.20. The number of piperidine rings is 1. The zero-order chi connectivity index (χ0) is 17.4. The lowest BCUT2D eigenvalue weighted by atomic mass is 9.99. The second-order valence-corrected chi connectivity index (χ2v) is 6.94. The Bertz CT molecular complexity index is 819. The smallest absolute Gasteiger partial charge is 0.289 e. The zero-order valence-corrected chi connectivity index (χ0v) is 14.3. The second-order valence-electron chi connectivity index (χ2n) is 6.94. The molecule has 0 atom stereocenters. The predicted octanol–water partition coefficient (Wildman–Crippen LogP) is 1.80. The molecule has 1 amide bonds. The third-order valence-electron chi connectivity index (χ3n) is 5.16. The number of rotatable bonds is 2. The highest BCUT2D eigenvalue weighted by atomic mass is 16.3. The average Bonchev–Trinajstić information content (AvgIpc) is 3.16. The van der Waals surface area contributed by atoms with Crippen LogP contribution in [0.4, 0.5) is 5.95 Å². The summed E-state index contributed by atoms with van der Waals surface area (Å²) in [6.45, 7) is 4.89. The van der Waals surface area contributed by atoms with Crippen molar-refractivity contribution in [3.8, 4) is 0 Å². The van der Waals surface area contributed by atoms with Crippen molar-refractivity contribution in [1.29, 1.82) is 0 Å². The molecule has 7 nitrogen and oxygen atoms in total. The van der Waals surface area contributed by atoms with E-state index in [1.165, 1.54) is 6.26 Å². The molecule has 0 aliphatic carbocycles. The molecule has 1 saturated heterocycles. The number of aromatic amines is 1. The number of nitrogens with one attached hydrogen (secondary N) is 1. The van der Waals surface area contributed by atoms with Gasteiger partial charge in [-0.3, -0.25) is 14.6 Å². The van der Waals surface area contributed by atoms with Crippen LogP contribution in [0.5, 0.6) is 0 Å². The summed E-state index contributed by atoms with van der Waals surface area (Å²) in [5.74, 6) is 1.49. The molecule has 4 rings (SSSR count). The minimum atomic E-state index is -0.161. The maximum absolute atomic E-state index is 12.5. The van der Waals surface area contributed by atoms with E-state index in [1.54, 1.807) is 17.0 Å². The summed E-state index contributed by atoms with van der Waals surface area (Å²) in [7, 11) is 0. The van der Waals surface area contributed by atoms with Crippen LogP contribution in [-0.2, 0) is 13.0 Å². The Kier molecular flexibility index (Phi) is 4.07. The molecule has 2 aromatic rings. The standard InChI is InChI=1S/C18H22N4O3/c1-12-4-7-21(8-5-12)18-19-14-11-22(9-6-13(14)16(23)20-18)17(24)15-3-2-10-25-15/h2-3,10,12H,4-9,11H2,1H3,(H,19,20,23). The first-order chi connectivity index (χ1) is 12.1. The molecule has 1 N–H and O–H groups in total. The molecule has 2 aliphatic rings. The summed E-state index contributed by atoms with van der Waals surface area (Å²) in [6.07, 6.45) is 4.21. The SMILES string of the molecule is CC1CCN(c2nc3c(c(=O)[nH]2)CCN(C(=O)c2ccco2)C3)CC1. The number of H-pyrrole nitrogens is 1. The Morgan fingerprint density at radius 1 is 1.32 bits per heavy atom. The van der Waals surface area contributed by atoms with Crippen molar-refractivity contribution in [2.75, 3.05) is 24.5 Å². The largest absolute Gasteiger partial charge is 0.459 e. The number of hydrogen-bond donors (Lipinski definition) is 1. The van der Waals surface area contributed by atoms with Gasteiger partial charge in [-0.25, -0.2) is 4.98 Å². The Balaban J connectivity index is 1.58. The zero-order valence-electron chi connectivity index (χ0n) is 14.3. The van der Waals surface area contributed by atoms with E-state index in [-0.39, 0.29) is 11.5 Å². The van der Waals surface area contributed by atoms with E-state index in [0.717, 1.165) is 25.9 Å². The van der Waals surface area contributed by atoms with Crippen molar-refractivity contribution in [2.24, 2.45) is 5.92 Å². The molecule has 25 heavy (non-hydrogen) atoms. The normalized spacial score (nSPS) is 18.3. The van der Waals surface area contributed by atoms with Gasteiger partial charge < -0.3 is 14.2 Å². The van der Waals surface area contributed by atoms with Crippen LogP contribution in [0.15, 0.2) is 27.6 Å². The first-order valence-electron chi connectivity index (χ1n) is 8.81. The molecule has 0 unspecified atom stereocenters. The van der Waals surface area contributed by atoms with E-state index in [0.29, 0.717) is 48.4 Å². The Morgan fingerprint density at radius 2 is 2.12 bits per heavy atom. The lowest BCUT2D eigenvalue weighted by Crippen LogP contribution is -2.41. The van der Waals surface area contributed by atoms with Crippen molar-refractivity contribution in [3.05, 3.63) is 45.8 Å². The van der Waals surface area contributed by atoms with E-state index in [9.17, 15) is 9.59 Å². The number of furan rings is 1. The third kappa shape index (κ3) is 3.06. The van der Waals surface area contributed by atoms with Crippen molar-refractivity contribution >= 4 is 11.9 Å². The van der Waals surface area contributed by atoms with Gasteiger partial charge in [0.05, 0.1) is 18.5 Å². The fourth-order valence-corrected chi connectivity index (χ4v) is 3.53. The van der Waals surface area contributed by atoms with Crippen LogP contribution in [-0.4, -0.2) is 40.4 Å². The molecule has 0 aromatic carbocycles. The fraction of sp³-hybridized carbons (Fsp3) is 0.500. The lowest BCUT2D eigenvalue weighted by Gasteiger charge is -2.32. The molecule has 132 valence electrons. The monoisotopic (exact) mass is 342 g/mol. The Morgan fingerprint density at radius 3 is 2.84 bits per heavy atom. The number of amides is 1. The second kappa shape index (κ2) is 6.38. The van der Waals surface area contributed by atoms with Crippen LogP contribution in [0.25, 0.3) is 0 Å². The van der Waals surface area contributed by atoms with Crippen molar-refractivity contribution < 1.29 is 9.21 Å². The molecule has 0 radical (unpaired) electrons. The molecule has 0 spiro atoms. The van der Waals surface area contributed by atoms with Gasteiger partial charge in [0.15, 0.2) is 5.76 Å². The van der Waals surface area contributed by atoms with E-state index >= 15 is 0 Å². The maximum Gasteiger partial charge on any atom is 0.289 e. The van der Waals surface area contributed by atoms with Gasteiger partial charge in [-0.2, -0.15) is 0 Å². The van der Waals surface area contributed by atoms with E-state index in [4.69, 9.17) is 4.42 Å². The number of aromatic nitrogens is 2. The number of fused-ring (bicyclic) bond motifs is 1. The number of anilines is 1. The minimum Gasteiger partial charge on any atom is -0.459 e. The summed E-state index contributed by atoms with van der Waals surface area (Å²) >= 11 is 0. The first-order valence-corrected chi connectivity index (χ1v) is 8.81. The Hall–Kier alpha value is -2.57. The van der Waals surface area contributed by atoms with Gasteiger partial charge in [-0.05, 0) is 37.3 Å². The number of nitrogens with zero attached hydrogens (tertiary/aromatic N) is 3. The number of carbonyl (C=O) groups is 1. The van der Waals surface area contributed by atoms with Crippen LogP contribution in [0.3, 0.4) is 0 Å². The van der Waals surface area contributed by atoms with E-state index < -0.39 is 0 Å². The van der Waals surface area contributed by atoms with E-state index in [2.05, 4.69) is 21.8 Å². The summed E-state index contributed by atoms with van der Waals surface area (Å²) in [6, 6.07) is 3.35. The summed E-state index contributed by atoms with van der Waals surface area (Å²) in [4.78, 5) is 36.4. The van der Waals surface area contributed by atoms with Crippen LogP contribution >= 0.6 is 0 Å². The van der Waals surface area contributed by atoms with Gasteiger partial charge in [0, 0.05) is 25.2 Å². The van der Waals surface area contributed by atoms with Gasteiger partial charge in [-0.15, -0.1) is 0 Å². The summed E-state index contributed by atoms with van der Waals surface area (Å²) in [5.41, 5.74) is 1.31. The molecule has 4 heterocycles. The molecule has 2 aromatic heterocycles. The van der Waals surface area contributed by atoms with Gasteiger partial charge in [0.25, 0.3) is 11.5 Å². The molecular formula is C18H22N4O3. The van der Waals surface area contributed by atoms with Crippen LogP contribution in [0, 0.1) is 5.92 Å². The number of hydrogen-bond acceptors (Lipinski definition) is 5. The average molecular weight is 342 g/mol. The van der Waals surface area contributed by atoms with Crippen LogP contribution in [0.2, 0.25) is 0 Å². The van der Waals surface area contributed by atoms with Gasteiger partial charge in [0.2, 0.25) is 5.95 Å². The van der Waals surface area contributed by atoms with Gasteiger partial charge in [0.1, 0.15) is 0 Å². The maximum atomic E-state index is 12.5. The van der Waals surface area contributed by atoms with Crippen molar-refractivity contribution in [3.63, 3.8) is 0 Å². The molecule has 0 saturated carbocycles. The van der Waals surface area contributed by atoms with E-state index in [1.807, 2.05) is 0 Å². The molecule has 7 heteroatoms. The highest BCUT2D eigenvalue weighted by molar-refractivity contribution is 5.91. The summed E-state index contributed by atoms with van der Waals surface area (Å²) in [5, 5.41) is 0. The van der Waals surface area contributed by atoms with Crippen molar-refractivity contribution in [2.45, 2.75) is 32.7 Å². The molecule has 0 bridgehead atoms. The van der Waals surface area contributed by atoms with Crippen LogP contribution in [0.1, 0.15) is 41.6 Å². The first kappa shape index (κ1) is 15.9. The fourth-order valence-electron chi connectivity index (χ4n) is 3.53. The topological polar surface area (TPSA) is 82.4 Å². The van der Waals surface area contributed by atoms with Crippen molar-refractivity contribution in [1.82, 2.24) is 14.9 Å². The quantitative estimate of drug-likeness (QED) is 0.900. The predicted molar refractivity (Wildman–Crippen MR) is 92.6 cm³/mol. The van der Waals surface area contributed by atoms with Crippen LogP contribution < -0.4 is 10.5 Å². The highest BCUT2D eigenvalue weighted by Gasteiger charge is 2.27.